The molecule has 0 saturated heterocycles. The van der Waals surface area contributed by atoms with Gasteiger partial charge in [0.05, 0.1) is 5.69 Å². The van der Waals surface area contributed by atoms with Crippen molar-refractivity contribution in [1.29, 1.82) is 0 Å². The Kier molecular flexibility index (Phi) is 3.45. The van der Waals surface area contributed by atoms with Crippen LogP contribution in [-0.2, 0) is 5.75 Å². The van der Waals surface area contributed by atoms with Crippen LogP contribution < -0.4 is 5.56 Å². The number of thioether (sulfide) groups is 1. The van der Waals surface area contributed by atoms with Crippen molar-refractivity contribution in [2.45, 2.75) is 43.6 Å². The minimum atomic E-state index is -0.0384. The Labute approximate surface area is 137 Å². The number of fused-ring (bicyclic) bond motifs is 1. The van der Waals surface area contributed by atoms with E-state index in [0.717, 1.165) is 22.4 Å². The highest BCUT2D eigenvalue weighted by Gasteiger charge is 2.28. The Morgan fingerprint density at radius 1 is 1.26 bits per heavy atom. The van der Waals surface area contributed by atoms with Crippen molar-refractivity contribution in [3.8, 4) is 0 Å². The molecule has 6 nitrogen and oxygen atoms in total. The minimum Gasteiger partial charge on any atom is -0.303 e. The van der Waals surface area contributed by atoms with Gasteiger partial charge in [-0.05, 0) is 38.8 Å². The number of pyridine rings is 1. The van der Waals surface area contributed by atoms with E-state index >= 15 is 0 Å². The second kappa shape index (κ2) is 5.49. The summed E-state index contributed by atoms with van der Waals surface area (Å²) in [6, 6.07) is 7.84. The number of nitrogens with zero attached hydrogens (tertiary/aromatic N) is 5. The van der Waals surface area contributed by atoms with E-state index in [4.69, 9.17) is 0 Å². The number of aryl methyl sites for hydroxylation is 2. The predicted octanol–water partition coefficient (Wildman–Crippen LogP) is 2.53. The standard InChI is InChI=1S/C16H17N5OS/c1-10-4-3-5-14-17-12(8-15(22)20(10)14)9-23-16-19-18-11(2)21(16)13-6-7-13/h3-5,8,13H,6-7,9H2,1-2H3. The van der Waals surface area contributed by atoms with E-state index < -0.39 is 0 Å². The zero-order valence-corrected chi connectivity index (χ0v) is 13.9. The number of aromatic nitrogens is 5. The molecule has 0 aromatic carbocycles. The third kappa shape index (κ3) is 2.65. The van der Waals surface area contributed by atoms with E-state index in [1.54, 1.807) is 22.2 Å². The SMILES string of the molecule is Cc1nnc(SCc2cc(=O)n3c(C)cccc3n2)n1C1CC1. The maximum atomic E-state index is 12.3. The molecule has 0 spiro atoms. The summed E-state index contributed by atoms with van der Waals surface area (Å²) in [5.74, 6) is 1.57. The molecule has 3 aromatic rings. The Morgan fingerprint density at radius 2 is 2.09 bits per heavy atom. The van der Waals surface area contributed by atoms with Gasteiger partial charge in [0.15, 0.2) is 5.16 Å². The molecule has 1 saturated carbocycles. The average Bonchev–Trinajstić information content (AvgIpc) is 3.28. The van der Waals surface area contributed by atoms with E-state index in [9.17, 15) is 4.79 Å². The molecule has 7 heteroatoms. The fraction of sp³-hybridized carbons (Fsp3) is 0.375. The van der Waals surface area contributed by atoms with Gasteiger partial charge in [-0.1, -0.05) is 17.8 Å². The summed E-state index contributed by atoms with van der Waals surface area (Å²) < 4.78 is 3.83. The lowest BCUT2D eigenvalue weighted by Crippen LogP contribution is -2.17. The summed E-state index contributed by atoms with van der Waals surface area (Å²) >= 11 is 1.59. The van der Waals surface area contributed by atoms with E-state index in [-0.39, 0.29) is 5.56 Å². The molecule has 0 N–H and O–H groups in total. The van der Waals surface area contributed by atoms with Crippen molar-refractivity contribution >= 4 is 17.4 Å². The van der Waals surface area contributed by atoms with Crippen molar-refractivity contribution < 1.29 is 0 Å². The van der Waals surface area contributed by atoms with Crippen LogP contribution in [0.2, 0.25) is 0 Å². The van der Waals surface area contributed by atoms with Crippen LogP contribution in [-0.4, -0.2) is 24.1 Å². The largest absolute Gasteiger partial charge is 0.303 e. The van der Waals surface area contributed by atoms with Gasteiger partial charge in [-0.3, -0.25) is 9.20 Å². The molecule has 1 aliphatic carbocycles. The number of hydrogen-bond donors (Lipinski definition) is 0. The van der Waals surface area contributed by atoms with Gasteiger partial charge in [0, 0.05) is 23.6 Å². The first kappa shape index (κ1) is 14.4. The predicted molar refractivity (Wildman–Crippen MR) is 88.8 cm³/mol. The van der Waals surface area contributed by atoms with E-state index in [0.29, 0.717) is 17.4 Å². The van der Waals surface area contributed by atoms with E-state index in [1.807, 2.05) is 32.0 Å². The van der Waals surface area contributed by atoms with Crippen LogP contribution in [0.5, 0.6) is 0 Å². The zero-order valence-electron chi connectivity index (χ0n) is 13.1. The summed E-state index contributed by atoms with van der Waals surface area (Å²) in [7, 11) is 0. The van der Waals surface area contributed by atoms with Crippen LogP contribution in [0.25, 0.3) is 5.65 Å². The fourth-order valence-corrected chi connectivity index (χ4v) is 3.72. The van der Waals surface area contributed by atoms with Gasteiger partial charge in [0.1, 0.15) is 11.5 Å². The van der Waals surface area contributed by atoms with Crippen molar-refractivity contribution in [1.82, 2.24) is 24.1 Å². The molecule has 3 heterocycles. The number of rotatable bonds is 4. The van der Waals surface area contributed by atoms with Gasteiger partial charge >= 0.3 is 0 Å². The lowest BCUT2D eigenvalue weighted by atomic mass is 10.3. The quantitative estimate of drug-likeness (QED) is 0.689. The van der Waals surface area contributed by atoms with Gasteiger partial charge < -0.3 is 4.57 Å². The molecule has 0 aliphatic heterocycles. The molecule has 4 rings (SSSR count). The van der Waals surface area contributed by atoms with Crippen LogP contribution in [0.4, 0.5) is 0 Å². The van der Waals surface area contributed by atoms with Crippen molar-refractivity contribution in [2.75, 3.05) is 0 Å². The highest BCUT2D eigenvalue weighted by Crippen LogP contribution is 2.38. The zero-order chi connectivity index (χ0) is 16.0. The van der Waals surface area contributed by atoms with E-state index in [1.165, 1.54) is 12.8 Å². The van der Waals surface area contributed by atoms with E-state index in [2.05, 4.69) is 19.7 Å². The van der Waals surface area contributed by atoms with Crippen LogP contribution in [0, 0.1) is 13.8 Å². The monoisotopic (exact) mass is 327 g/mol. The van der Waals surface area contributed by atoms with Gasteiger partial charge in [0.2, 0.25) is 0 Å². The van der Waals surface area contributed by atoms with Crippen LogP contribution in [0.3, 0.4) is 0 Å². The molecule has 23 heavy (non-hydrogen) atoms. The summed E-state index contributed by atoms with van der Waals surface area (Å²) in [4.78, 5) is 16.9. The molecule has 1 fully saturated rings. The molecule has 3 aromatic heterocycles. The summed E-state index contributed by atoms with van der Waals surface area (Å²) in [6.07, 6.45) is 2.39. The molecular formula is C16H17N5OS. The minimum absolute atomic E-state index is 0.0384. The Balaban J connectivity index is 1.63. The molecule has 118 valence electrons. The van der Waals surface area contributed by atoms with Crippen LogP contribution in [0.15, 0.2) is 34.2 Å². The smallest absolute Gasteiger partial charge is 0.258 e. The first-order valence-electron chi connectivity index (χ1n) is 7.66. The van der Waals surface area contributed by atoms with Crippen LogP contribution >= 0.6 is 11.8 Å². The number of hydrogen-bond acceptors (Lipinski definition) is 5. The van der Waals surface area contributed by atoms with Gasteiger partial charge in [0.25, 0.3) is 5.56 Å². The normalized spacial score (nSPS) is 14.5. The third-order valence-electron chi connectivity index (χ3n) is 4.03. The molecule has 0 bridgehead atoms. The second-order valence-corrected chi connectivity index (χ2v) is 6.81. The van der Waals surface area contributed by atoms with Crippen molar-refractivity contribution in [3.05, 3.63) is 51.8 Å². The highest BCUT2D eigenvalue weighted by molar-refractivity contribution is 7.98. The summed E-state index contributed by atoms with van der Waals surface area (Å²) in [6.45, 7) is 3.89. The van der Waals surface area contributed by atoms with Crippen LogP contribution in [0.1, 0.15) is 36.1 Å². The maximum absolute atomic E-state index is 12.3. The molecule has 1 aliphatic rings. The fourth-order valence-electron chi connectivity index (χ4n) is 2.78. The second-order valence-electron chi connectivity index (χ2n) is 5.87. The third-order valence-corrected chi connectivity index (χ3v) is 5.01. The maximum Gasteiger partial charge on any atom is 0.258 e. The van der Waals surface area contributed by atoms with Gasteiger partial charge in [-0.2, -0.15) is 0 Å². The van der Waals surface area contributed by atoms with Crippen molar-refractivity contribution in [2.24, 2.45) is 0 Å². The molecule has 0 amide bonds. The Morgan fingerprint density at radius 3 is 2.87 bits per heavy atom. The lowest BCUT2D eigenvalue weighted by Gasteiger charge is -2.07. The summed E-state index contributed by atoms with van der Waals surface area (Å²) in [5, 5.41) is 9.34. The molecule has 0 unspecified atom stereocenters. The average molecular weight is 327 g/mol. The van der Waals surface area contributed by atoms with Gasteiger partial charge in [-0.15, -0.1) is 10.2 Å². The molecule has 0 radical (unpaired) electrons. The Hall–Kier alpha value is -2.15. The molecule has 0 atom stereocenters. The Bertz CT molecular complexity index is 941. The first-order chi connectivity index (χ1) is 11.1. The first-order valence-corrected chi connectivity index (χ1v) is 8.64. The van der Waals surface area contributed by atoms with Gasteiger partial charge in [-0.25, -0.2) is 4.98 Å². The topological polar surface area (TPSA) is 65.1 Å². The highest BCUT2D eigenvalue weighted by atomic mass is 32.2. The summed E-state index contributed by atoms with van der Waals surface area (Å²) in [5.41, 5.74) is 2.31. The molecular weight excluding hydrogens is 310 g/mol. The lowest BCUT2D eigenvalue weighted by molar-refractivity contribution is 0.644. The van der Waals surface area contributed by atoms with Crippen molar-refractivity contribution in [3.63, 3.8) is 0 Å².